The van der Waals surface area contributed by atoms with Crippen LogP contribution in [0.4, 0.5) is 13.2 Å². The van der Waals surface area contributed by atoms with E-state index in [4.69, 9.17) is 0 Å². The maximum Gasteiger partial charge on any atom is 0.433 e. The van der Waals surface area contributed by atoms with Crippen LogP contribution in [0, 0.1) is 11.8 Å². The Labute approximate surface area is 160 Å². The van der Waals surface area contributed by atoms with Crippen LogP contribution in [0.15, 0.2) is 36.4 Å². The highest BCUT2D eigenvalue weighted by Crippen LogP contribution is 2.43. The fraction of sp³-hybridized carbons (Fsp3) is 0.444. The quantitative estimate of drug-likeness (QED) is 0.843. The Bertz CT molecular complexity index is 824. The fourth-order valence-corrected chi connectivity index (χ4v) is 4.19. The number of hydrogen-bond donors (Lipinski definition) is 1. The van der Waals surface area contributed by atoms with Crippen molar-refractivity contribution in [3.05, 3.63) is 53.3 Å². The highest BCUT2D eigenvalue weighted by Gasteiger charge is 2.47. The van der Waals surface area contributed by atoms with Crippen LogP contribution in [0.2, 0.25) is 0 Å². The first-order valence-corrected chi connectivity index (χ1v) is 8.54. The molecule has 2 fully saturated rings. The fourth-order valence-electron chi connectivity index (χ4n) is 4.19. The molecule has 0 spiro atoms. The van der Waals surface area contributed by atoms with Crippen LogP contribution >= 0.6 is 12.4 Å². The van der Waals surface area contributed by atoms with Crippen LogP contribution in [0.5, 0.6) is 0 Å². The Morgan fingerprint density at radius 2 is 1.93 bits per heavy atom. The number of halogens is 4. The molecule has 5 nitrogen and oxygen atoms in total. The van der Waals surface area contributed by atoms with Crippen LogP contribution < -0.4 is 5.32 Å². The highest BCUT2D eigenvalue weighted by atomic mass is 35.5. The number of fused-ring (bicyclic) bond motifs is 1. The van der Waals surface area contributed by atoms with E-state index in [0.717, 1.165) is 29.4 Å². The number of aromatic nitrogens is 2. The number of carbonyl (C=O) groups excluding carboxylic acids is 1. The number of hydrogen-bond acceptors (Lipinski definition) is 3. The van der Waals surface area contributed by atoms with E-state index in [1.54, 1.807) is 4.90 Å². The van der Waals surface area contributed by atoms with Gasteiger partial charge in [0.15, 0.2) is 5.69 Å². The van der Waals surface area contributed by atoms with Gasteiger partial charge in [0.25, 0.3) is 5.91 Å². The molecular formula is C18H20ClF3N4O. The summed E-state index contributed by atoms with van der Waals surface area (Å²) in [6, 6.07) is 10.4. The highest BCUT2D eigenvalue weighted by molar-refractivity contribution is 5.93. The molecule has 0 aliphatic carbocycles. The lowest BCUT2D eigenvalue weighted by Crippen LogP contribution is -2.35. The minimum atomic E-state index is -4.54. The molecule has 2 aromatic rings. The summed E-state index contributed by atoms with van der Waals surface area (Å²) in [4.78, 5) is 14.7. The molecule has 4 rings (SSSR count). The minimum absolute atomic E-state index is 0. The van der Waals surface area contributed by atoms with Crippen LogP contribution in [-0.4, -0.2) is 40.2 Å². The molecule has 9 heteroatoms. The zero-order chi connectivity index (χ0) is 18.5. The molecule has 146 valence electrons. The Kier molecular flexibility index (Phi) is 5.22. The van der Waals surface area contributed by atoms with Gasteiger partial charge < -0.3 is 10.2 Å². The van der Waals surface area contributed by atoms with E-state index in [1.165, 1.54) is 7.05 Å². The van der Waals surface area contributed by atoms with Gasteiger partial charge in [0, 0.05) is 38.7 Å². The molecule has 3 atom stereocenters. The number of carbonyl (C=O) groups is 1. The number of amides is 1. The van der Waals surface area contributed by atoms with E-state index in [2.05, 4.69) is 10.4 Å². The first-order valence-electron chi connectivity index (χ1n) is 8.54. The van der Waals surface area contributed by atoms with Gasteiger partial charge in [-0.1, -0.05) is 30.3 Å². The third-order valence-corrected chi connectivity index (χ3v) is 5.36. The molecule has 1 N–H and O–H groups in total. The first-order chi connectivity index (χ1) is 12.4. The van der Waals surface area contributed by atoms with Gasteiger partial charge >= 0.3 is 6.18 Å². The summed E-state index contributed by atoms with van der Waals surface area (Å²) >= 11 is 0. The summed E-state index contributed by atoms with van der Waals surface area (Å²) in [5, 5.41) is 7.18. The van der Waals surface area contributed by atoms with Crippen molar-refractivity contribution in [2.45, 2.75) is 12.2 Å². The van der Waals surface area contributed by atoms with E-state index in [-0.39, 0.29) is 30.1 Å². The van der Waals surface area contributed by atoms with E-state index in [0.29, 0.717) is 12.5 Å². The van der Waals surface area contributed by atoms with Crippen LogP contribution in [-0.2, 0) is 13.2 Å². The summed E-state index contributed by atoms with van der Waals surface area (Å²) in [7, 11) is 1.21. The number of likely N-dealkylation sites (tertiary alicyclic amines) is 1. The Balaban J connectivity index is 0.00000210. The molecule has 1 aromatic heterocycles. The lowest BCUT2D eigenvalue weighted by molar-refractivity contribution is -0.143. The monoisotopic (exact) mass is 400 g/mol. The number of benzene rings is 1. The molecule has 27 heavy (non-hydrogen) atoms. The number of nitrogens with one attached hydrogen (secondary N) is 1. The van der Waals surface area contributed by atoms with Gasteiger partial charge in [-0.2, -0.15) is 18.3 Å². The minimum Gasteiger partial charge on any atom is -0.330 e. The molecule has 0 radical (unpaired) electrons. The predicted octanol–water partition coefficient (Wildman–Crippen LogP) is 2.89. The molecule has 0 bridgehead atoms. The summed E-state index contributed by atoms with van der Waals surface area (Å²) in [5.74, 6) is 0.112. The summed E-state index contributed by atoms with van der Waals surface area (Å²) < 4.78 is 39.8. The number of rotatable bonds is 2. The zero-order valence-corrected chi connectivity index (χ0v) is 15.4. The van der Waals surface area contributed by atoms with Crippen molar-refractivity contribution in [3.8, 4) is 0 Å². The van der Waals surface area contributed by atoms with Gasteiger partial charge in [-0.15, -0.1) is 12.4 Å². The van der Waals surface area contributed by atoms with Crippen molar-refractivity contribution in [1.29, 1.82) is 0 Å². The van der Waals surface area contributed by atoms with Crippen molar-refractivity contribution in [2.24, 2.45) is 18.9 Å². The smallest absolute Gasteiger partial charge is 0.330 e. The Morgan fingerprint density at radius 3 is 2.56 bits per heavy atom. The molecule has 3 heterocycles. The zero-order valence-electron chi connectivity index (χ0n) is 14.6. The topological polar surface area (TPSA) is 50.2 Å². The molecule has 0 saturated carbocycles. The van der Waals surface area contributed by atoms with E-state index in [1.807, 2.05) is 30.3 Å². The molecule has 2 aliphatic heterocycles. The molecule has 2 aliphatic rings. The molecular weight excluding hydrogens is 381 g/mol. The predicted molar refractivity (Wildman–Crippen MR) is 95.5 cm³/mol. The van der Waals surface area contributed by atoms with Crippen LogP contribution in [0.3, 0.4) is 0 Å². The SMILES string of the molecule is Cl.Cn1nc(C(=O)N2C[C@@H]3CNC[C@@H]3[C@H]2c2ccccc2)cc1C(F)(F)F. The number of alkyl halides is 3. The van der Waals surface area contributed by atoms with Crippen molar-refractivity contribution in [2.75, 3.05) is 19.6 Å². The van der Waals surface area contributed by atoms with Gasteiger partial charge in [0.2, 0.25) is 0 Å². The van der Waals surface area contributed by atoms with Gasteiger partial charge in [-0.3, -0.25) is 9.48 Å². The Morgan fingerprint density at radius 1 is 1.22 bits per heavy atom. The average Bonchev–Trinajstić information content (AvgIpc) is 3.27. The first kappa shape index (κ1) is 19.7. The average molecular weight is 401 g/mol. The molecule has 0 unspecified atom stereocenters. The Hall–Kier alpha value is -2.06. The third-order valence-electron chi connectivity index (χ3n) is 5.36. The summed E-state index contributed by atoms with van der Waals surface area (Å²) in [6.07, 6.45) is -4.54. The summed E-state index contributed by atoms with van der Waals surface area (Å²) in [6.45, 7) is 2.13. The molecule has 1 aromatic carbocycles. The summed E-state index contributed by atoms with van der Waals surface area (Å²) in [5.41, 5.74) is -0.0733. The van der Waals surface area contributed by atoms with E-state index >= 15 is 0 Å². The van der Waals surface area contributed by atoms with E-state index in [9.17, 15) is 18.0 Å². The van der Waals surface area contributed by atoms with Crippen LogP contribution in [0.25, 0.3) is 0 Å². The normalized spacial score (nSPS) is 24.6. The second-order valence-corrected chi connectivity index (χ2v) is 6.93. The van der Waals surface area contributed by atoms with Gasteiger partial charge in [-0.05, 0) is 11.5 Å². The lowest BCUT2D eigenvalue weighted by Gasteiger charge is -2.27. The van der Waals surface area contributed by atoms with Crippen molar-refractivity contribution in [1.82, 2.24) is 20.0 Å². The third kappa shape index (κ3) is 3.43. The second-order valence-electron chi connectivity index (χ2n) is 6.93. The van der Waals surface area contributed by atoms with Gasteiger partial charge in [0.05, 0.1) is 6.04 Å². The van der Waals surface area contributed by atoms with Crippen molar-refractivity contribution >= 4 is 18.3 Å². The van der Waals surface area contributed by atoms with Gasteiger partial charge in [-0.25, -0.2) is 0 Å². The maximum absolute atomic E-state index is 13.0. The largest absolute Gasteiger partial charge is 0.433 e. The molecule has 2 saturated heterocycles. The van der Waals surface area contributed by atoms with Crippen molar-refractivity contribution < 1.29 is 18.0 Å². The number of aryl methyl sites for hydroxylation is 1. The lowest BCUT2D eigenvalue weighted by atomic mass is 9.89. The number of nitrogens with zero attached hydrogens (tertiary/aromatic N) is 3. The standard InChI is InChI=1S/C18H19F3N4O.ClH/c1-24-15(18(19,20)21)7-14(23-24)17(26)25-10-12-8-22-9-13(12)16(25)11-5-3-2-4-6-11;/h2-7,12-13,16,22H,8-10H2,1H3;1H/t12-,13-,16+;/m0./s1. The van der Waals surface area contributed by atoms with E-state index < -0.39 is 17.8 Å². The molecule has 1 amide bonds. The van der Waals surface area contributed by atoms with Gasteiger partial charge in [0.1, 0.15) is 5.69 Å². The maximum atomic E-state index is 13.0. The van der Waals surface area contributed by atoms with Crippen LogP contribution in [0.1, 0.15) is 27.8 Å². The second kappa shape index (κ2) is 7.16. The van der Waals surface area contributed by atoms with Crippen molar-refractivity contribution in [3.63, 3.8) is 0 Å².